The van der Waals surface area contributed by atoms with Crippen molar-refractivity contribution < 1.29 is 17.9 Å². The van der Waals surface area contributed by atoms with E-state index in [1.54, 1.807) is 0 Å². The number of hydrogen-bond donors (Lipinski definition) is 1. The third kappa shape index (κ3) is 6.95. The highest BCUT2D eigenvalue weighted by Gasteiger charge is 2.15. The van der Waals surface area contributed by atoms with Gasteiger partial charge in [-0.05, 0) is 0 Å². The Labute approximate surface area is 103 Å². The summed E-state index contributed by atoms with van der Waals surface area (Å²) in [6.07, 6.45) is 0. The fourth-order valence-corrected chi connectivity index (χ4v) is 2.68. The van der Waals surface area contributed by atoms with E-state index >= 15 is 0 Å². The molecule has 102 valence electrons. The molecule has 0 aromatic carbocycles. The quantitative estimate of drug-likeness (QED) is 0.550. The summed E-state index contributed by atoms with van der Waals surface area (Å²) in [6.45, 7) is 4.69. The Morgan fingerprint density at radius 2 is 1.88 bits per heavy atom. The summed E-state index contributed by atoms with van der Waals surface area (Å²) in [5.41, 5.74) is 5.24. The predicted molar refractivity (Wildman–Crippen MR) is 65.8 cm³/mol. The Morgan fingerprint density at radius 1 is 1.18 bits per heavy atom. The molecule has 0 saturated carbocycles. The number of nitrogens with two attached hydrogens (primary N) is 1. The first-order valence-corrected chi connectivity index (χ1v) is 7.74. The highest BCUT2D eigenvalue weighted by molar-refractivity contribution is 7.91. The fourth-order valence-electron chi connectivity index (χ4n) is 1.57. The standard InChI is InChI=1S/C10H22N2O4S/c11-1-5-15-8-10-17(13,14)9-4-12-2-6-16-7-3-12/h1-11H2. The average Bonchev–Trinajstić information content (AvgIpc) is 2.34. The summed E-state index contributed by atoms with van der Waals surface area (Å²) in [4.78, 5) is 2.11. The second-order valence-electron chi connectivity index (χ2n) is 4.01. The summed E-state index contributed by atoms with van der Waals surface area (Å²) in [5, 5.41) is 0. The molecule has 0 amide bonds. The number of morpholine rings is 1. The van der Waals surface area contributed by atoms with Gasteiger partial charge in [0, 0.05) is 26.2 Å². The molecule has 2 N–H and O–H groups in total. The lowest BCUT2D eigenvalue weighted by Gasteiger charge is -2.26. The SMILES string of the molecule is NCCOCCS(=O)(=O)CCN1CCOCC1. The van der Waals surface area contributed by atoms with Crippen LogP contribution in [0.15, 0.2) is 0 Å². The molecule has 1 aliphatic rings. The van der Waals surface area contributed by atoms with Crippen LogP contribution in [0.2, 0.25) is 0 Å². The molecule has 17 heavy (non-hydrogen) atoms. The van der Waals surface area contributed by atoms with Crippen LogP contribution in [0.1, 0.15) is 0 Å². The summed E-state index contributed by atoms with van der Waals surface area (Å²) in [7, 11) is -3.01. The van der Waals surface area contributed by atoms with Gasteiger partial charge in [-0.25, -0.2) is 8.42 Å². The third-order valence-corrected chi connectivity index (χ3v) is 4.22. The van der Waals surface area contributed by atoms with Crippen LogP contribution in [0, 0.1) is 0 Å². The number of hydrogen-bond acceptors (Lipinski definition) is 6. The van der Waals surface area contributed by atoms with E-state index in [2.05, 4.69) is 4.90 Å². The first-order chi connectivity index (χ1) is 8.14. The first kappa shape index (κ1) is 14.8. The zero-order valence-electron chi connectivity index (χ0n) is 10.1. The first-order valence-electron chi connectivity index (χ1n) is 5.92. The molecule has 6 nitrogen and oxygen atoms in total. The van der Waals surface area contributed by atoms with Gasteiger partial charge >= 0.3 is 0 Å². The van der Waals surface area contributed by atoms with E-state index in [9.17, 15) is 8.42 Å². The lowest BCUT2D eigenvalue weighted by molar-refractivity contribution is 0.0408. The Balaban J connectivity index is 2.14. The van der Waals surface area contributed by atoms with Crippen LogP contribution in [0.25, 0.3) is 0 Å². The van der Waals surface area contributed by atoms with E-state index in [0.717, 1.165) is 13.1 Å². The third-order valence-electron chi connectivity index (χ3n) is 2.62. The molecule has 0 radical (unpaired) electrons. The van der Waals surface area contributed by atoms with Gasteiger partial charge in [0.05, 0.1) is 37.9 Å². The maximum Gasteiger partial charge on any atom is 0.153 e. The number of ether oxygens (including phenoxy) is 2. The molecule has 7 heteroatoms. The number of rotatable bonds is 8. The van der Waals surface area contributed by atoms with E-state index in [-0.39, 0.29) is 18.1 Å². The maximum absolute atomic E-state index is 11.7. The molecule has 0 unspecified atom stereocenters. The highest BCUT2D eigenvalue weighted by Crippen LogP contribution is 1.99. The molecule has 0 aromatic rings. The maximum atomic E-state index is 11.7. The molecule has 1 fully saturated rings. The van der Waals surface area contributed by atoms with E-state index < -0.39 is 9.84 Å². The molecule has 0 atom stereocenters. The van der Waals surface area contributed by atoms with Gasteiger partial charge in [-0.1, -0.05) is 0 Å². The van der Waals surface area contributed by atoms with Gasteiger partial charge in [0.2, 0.25) is 0 Å². The van der Waals surface area contributed by atoms with Gasteiger partial charge in [0.1, 0.15) is 0 Å². The van der Waals surface area contributed by atoms with Crippen LogP contribution in [-0.2, 0) is 19.3 Å². The Morgan fingerprint density at radius 3 is 2.53 bits per heavy atom. The molecule has 0 aliphatic carbocycles. The van der Waals surface area contributed by atoms with Crippen molar-refractivity contribution in [2.24, 2.45) is 5.73 Å². The molecule has 1 heterocycles. The van der Waals surface area contributed by atoms with Crippen molar-refractivity contribution in [2.75, 3.05) is 64.1 Å². The van der Waals surface area contributed by atoms with Crippen LogP contribution < -0.4 is 5.73 Å². The van der Waals surface area contributed by atoms with Gasteiger partial charge in [0.15, 0.2) is 9.84 Å². The molecule has 1 aliphatic heterocycles. The Hall–Kier alpha value is -0.210. The fraction of sp³-hybridized carbons (Fsp3) is 1.00. The van der Waals surface area contributed by atoms with Gasteiger partial charge in [-0.15, -0.1) is 0 Å². The van der Waals surface area contributed by atoms with Crippen LogP contribution in [0.4, 0.5) is 0 Å². The van der Waals surface area contributed by atoms with Crippen molar-refractivity contribution in [2.45, 2.75) is 0 Å². The van der Waals surface area contributed by atoms with Crippen LogP contribution in [-0.4, -0.2) is 77.4 Å². The van der Waals surface area contributed by atoms with E-state index in [0.29, 0.717) is 32.9 Å². The lowest BCUT2D eigenvalue weighted by Crippen LogP contribution is -2.39. The summed E-state index contributed by atoms with van der Waals surface area (Å²) in [5.74, 6) is 0.274. The average molecular weight is 266 g/mol. The molecule has 0 bridgehead atoms. The topological polar surface area (TPSA) is 81.9 Å². The van der Waals surface area contributed by atoms with Crippen molar-refractivity contribution in [1.29, 1.82) is 0 Å². The monoisotopic (exact) mass is 266 g/mol. The lowest BCUT2D eigenvalue weighted by atomic mass is 10.4. The van der Waals surface area contributed by atoms with Gasteiger partial charge in [-0.3, -0.25) is 4.90 Å². The molecule has 1 saturated heterocycles. The molecule has 0 aromatic heterocycles. The van der Waals surface area contributed by atoms with E-state index in [1.165, 1.54) is 0 Å². The summed E-state index contributed by atoms with van der Waals surface area (Å²) < 4.78 is 33.6. The normalized spacial score (nSPS) is 18.4. The smallest absolute Gasteiger partial charge is 0.153 e. The molecule has 1 rings (SSSR count). The van der Waals surface area contributed by atoms with E-state index in [1.807, 2.05) is 0 Å². The minimum Gasteiger partial charge on any atom is -0.379 e. The molecule has 0 spiro atoms. The second kappa shape index (κ2) is 7.99. The number of nitrogens with zero attached hydrogens (tertiary/aromatic N) is 1. The molecular formula is C10H22N2O4S. The van der Waals surface area contributed by atoms with Crippen LogP contribution in [0.3, 0.4) is 0 Å². The minimum absolute atomic E-state index is 0.0807. The van der Waals surface area contributed by atoms with Crippen molar-refractivity contribution in [3.8, 4) is 0 Å². The number of sulfone groups is 1. The zero-order chi connectivity index (χ0) is 12.6. The van der Waals surface area contributed by atoms with Crippen molar-refractivity contribution in [3.05, 3.63) is 0 Å². The summed E-state index contributed by atoms with van der Waals surface area (Å²) in [6, 6.07) is 0. The Bertz CT molecular complexity index is 289. The zero-order valence-corrected chi connectivity index (χ0v) is 11.0. The van der Waals surface area contributed by atoms with E-state index in [4.69, 9.17) is 15.2 Å². The van der Waals surface area contributed by atoms with Crippen molar-refractivity contribution >= 4 is 9.84 Å². The Kier molecular flexibility index (Phi) is 6.98. The van der Waals surface area contributed by atoms with Crippen LogP contribution >= 0.6 is 0 Å². The molecular weight excluding hydrogens is 244 g/mol. The van der Waals surface area contributed by atoms with Gasteiger partial charge in [0.25, 0.3) is 0 Å². The minimum atomic E-state index is -3.01. The largest absolute Gasteiger partial charge is 0.379 e. The van der Waals surface area contributed by atoms with Gasteiger partial charge in [-0.2, -0.15) is 0 Å². The highest BCUT2D eigenvalue weighted by atomic mass is 32.2. The van der Waals surface area contributed by atoms with Crippen molar-refractivity contribution in [3.63, 3.8) is 0 Å². The van der Waals surface area contributed by atoms with Crippen molar-refractivity contribution in [1.82, 2.24) is 4.90 Å². The second-order valence-corrected chi connectivity index (χ2v) is 6.31. The summed E-state index contributed by atoms with van der Waals surface area (Å²) >= 11 is 0. The predicted octanol–water partition coefficient (Wildman–Crippen LogP) is -1.29. The van der Waals surface area contributed by atoms with Crippen LogP contribution in [0.5, 0.6) is 0 Å². The van der Waals surface area contributed by atoms with Gasteiger partial charge < -0.3 is 15.2 Å².